The molecule has 3 aromatic heterocycles. The zero-order valence-electron chi connectivity index (χ0n) is 16.1. The van der Waals surface area contributed by atoms with Crippen molar-refractivity contribution in [1.29, 1.82) is 0 Å². The second kappa shape index (κ2) is 10.4. The average molecular weight is 418 g/mol. The maximum atomic E-state index is 11.7. The van der Waals surface area contributed by atoms with Gasteiger partial charge < -0.3 is 4.90 Å². The molecule has 142 valence electrons. The molecule has 3 heterocycles. The first kappa shape index (κ1) is 21.3. The van der Waals surface area contributed by atoms with Crippen LogP contribution in [-0.2, 0) is 0 Å². The number of aromatic nitrogens is 2. The number of ketones is 1. The summed E-state index contributed by atoms with van der Waals surface area (Å²) in [5.41, 5.74) is 2.96. The van der Waals surface area contributed by atoms with E-state index >= 15 is 0 Å². The fraction of sp³-hybridized carbons (Fsp3) is 0.250. The Hall–Kier alpha value is -1.96. The van der Waals surface area contributed by atoms with Crippen molar-refractivity contribution < 1.29 is 4.79 Å². The first-order valence-electron chi connectivity index (χ1n) is 8.27. The molecule has 27 heavy (non-hydrogen) atoms. The maximum Gasteiger partial charge on any atom is 0.200 e. The number of carbonyl (C=O) groups is 1. The van der Waals surface area contributed by atoms with Crippen molar-refractivity contribution >= 4 is 40.2 Å². The van der Waals surface area contributed by atoms with Gasteiger partial charge in [0.25, 0.3) is 0 Å². The lowest BCUT2D eigenvalue weighted by Crippen LogP contribution is -2.06. The molecule has 0 aliphatic rings. The van der Waals surface area contributed by atoms with E-state index in [1.54, 1.807) is 23.1 Å². The number of allylic oxidation sites excluding steroid dienone is 1. The summed E-state index contributed by atoms with van der Waals surface area (Å²) >= 11 is 4.76. The molecule has 0 aliphatic heterocycles. The molecule has 3 rings (SSSR count). The lowest BCUT2D eigenvalue weighted by atomic mass is 10.2. The van der Waals surface area contributed by atoms with Crippen LogP contribution in [0.2, 0.25) is 0 Å². The van der Waals surface area contributed by atoms with Crippen molar-refractivity contribution in [3.8, 4) is 10.6 Å². The Morgan fingerprint density at radius 2 is 1.89 bits per heavy atom. The number of hydrogen-bond acceptors (Lipinski definition) is 7. The zero-order valence-corrected chi connectivity index (χ0v) is 18.5. The predicted octanol–water partition coefficient (Wildman–Crippen LogP) is 5.63. The van der Waals surface area contributed by atoms with Gasteiger partial charge in [-0.15, -0.1) is 22.7 Å². The highest BCUT2D eigenvalue weighted by Gasteiger charge is 2.08. The monoisotopic (exact) mass is 417 g/mol. The Morgan fingerprint density at radius 3 is 2.44 bits per heavy atom. The summed E-state index contributed by atoms with van der Waals surface area (Å²) in [6.45, 7) is 3.88. The Labute approximate surface area is 173 Å². The van der Waals surface area contributed by atoms with Crippen LogP contribution in [0.3, 0.4) is 0 Å². The van der Waals surface area contributed by atoms with Gasteiger partial charge in [-0.2, -0.15) is 0 Å². The molecule has 4 nitrogen and oxygen atoms in total. The molecule has 0 N–H and O–H groups in total. The van der Waals surface area contributed by atoms with E-state index < -0.39 is 0 Å². The van der Waals surface area contributed by atoms with Gasteiger partial charge in [-0.05, 0) is 48.6 Å². The van der Waals surface area contributed by atoms with Crippen LogP contribution < -0.4 is 0 Å². The highest BCUT2D eigenvalue weighted by molar-refractivity contribution is 7.98. The van der Waals surface area contributed by atoms with Crippen molar-refractivity contribution in [2.45, 2.75) is 19.0 Å². The number of rotatable bonds is 5. The normalized spacial score (nSPS) is 10.9. The third-order valence-electron chi connectivity index (χ3n) is 3.44. The van der Waals surface area contributed by atoms with Gasteiger partial charge in [-0.3, -0.25) is 4.79 Å². The van der Waals surface area contributed by atoms with Gasteiger partial charge in [0, 0.05) is 32.1 Å². The number of aryl methyl sites for hydroxylation is 1. The zero-order chi connectivity index (χ0) is 19.8. The molecule has 0 saturated carbocycles. The molecule has 0 atom stereocenters. The molecule has 0 bridgehead atoms. The number of Topliss-reactive ketones (excluding diaryl/α,β-unsaturated/α-hetero) is 1. The van der Waals surface area contributed by atoms with Crippen molar-refractivity contribution in [3.63, 3.8) is 0 Å². The first-order valence-corrected chi connectivity index (χ1v) is 11.2. The van der Waals surface area contributed by atoms with Crippen LogP contribution in [0.15, 0.2) is 58.2 Å². The van der Waals surface area contributed by atoms with E-state index in [1.165, 1.54) is 16.2 Å². The van der Waals surface area contributed by atoms with E-state index in [1.807, 2.05) is 75.1 Å². The third-order valence-corrected chi connectivity index (χ3v) is 5.75. The second-order valence-electron chi connectivity index (χ2n) is 5.95. The number of hydrogen-bond donors (Lipinski definition) is 0. The number of nitrogens with zero attached hydrogens (tertiary/aromatic N) is 3. The largest absolute Gasteiger partial charge is 0.383 e. The predicted molar refractivity (Wildman–Crippen MR) is 118 cm³/mol. The Kier molecular flexibility index (Phi) is 8.22. The fourth-order valence-corrected chi connectivity index (χ4v) is 4.08. The number of carbonyl (C=O) groups excluding carboxylic acids is 1. The van der Waals surface area contributed by atoms with Crippen molar-refractivity contribution in [2.75, 3.05) is 20.4 Å². The molecule has 3 aromatic rings. The highest BCUT2D eigenvalue weighted by Crippen LogP contribution is 2.26. The van der Waals surface area contributed by atoms with Crippen LogP contribution >= 0.6 is 34.4 Å². The Balaban J connectivity index is 0.000000194. The van der Waals surface area contributed by atoms with Gasteiger partial charge in [-0.25, -0.2) is 9.97 Å². The van der Waals surface area contributed by atoms with Crippen LogP contribution in [-0.4, -0.2) is 41.0 Å². The molecule has 0 aliphatic carbocycles. The molecule has 0 radical (unpaired) electrons. The maximum absolute atomic E-state index is 11.7. The lowest BCUT2D eigenvalue weighted by molar-refractivity contribution is 0.103. The second-order valence-corrected chi connectivity index (χ2v) is 8.62. The minimum absolute atomic E-state index is 0.115. The third kappa shape index (κ3) is 6.30. The minimum Gasteiger partial charge on any atom is -0.383 e. The van der Waals surface area contributed by atoms with E-state index in [-0.39, 0.29) is 5.78 Å². The summed E-state index contributed by atoms with van der Waals surface area (Å²) in [6, 6.07) is 7.87. The summed E-state index contributed by atoms with van der Waals surface area (Å²) in [5.74, 6) is 0.115. The number of thiophene rings is 2. The molecule has 0 amide bonds. The van der Waals surface area contributed by atoms with Crippen molar-refractivity contribution in [3.05, 3.63) is 63.4 Å². The Bertz CT molecular complexity index is 885. The molecule has 0 spiro atoms. The summed E-state index contributed by atoms with van der Waals surface area (Å²) in [7, 11) is 3.82. The van der Waals surface area contributed by atoms with Gasteiger partial charge >= 0.3 is 0 Å². The molecular weight excluding hydrogens is 394 g/mol. The van der Waals surface area contributed by atoms with Gasteiger partial charge in [0.2, 0.25) is 0 Å². The van der Waals surface area contributed by atoms with Gasteiger partial charge in [0.1, 0.15) is 0 Å². The molecule has 0 aromatic carbocycles. The van der Waals surface area contributed by atoms with Gasteiger partial charge in [-0.1, -0.05) is 23.9 Å². The fourth-order valence-electron chi connectivity index (χ4n) is 2.23. The van der Waals surface area contributed by atoms with E-state index in [9.17, 15) is 4.79 Å². The highest BCUT2D eigenvalue weighted by atomic mass is 32.2. The van der Waals surface area contributed by atoms with Crippen molar-refractivity contribution in [1.82, 2.24) is 14.9 Å². The lowest BCUT2D eigenvalue weighted by Gasteiger charge is -2.06. The average Bonchev–Trinajstić information content (AvgIpc) is 3.35. The SMILES string of the molecule is CC(=CN(C)C)C(=O)c1cccs1.CSc1ncc(C)c(-c2cccs2)n1. The van der Waals surface area contributed by atoms with Crippen LogP contribution in [0.25, 0.3) is 10.6 Å². The van der Waals surface area contributed by atoms with Crippen LogP contribution in [0, 0.1) is 6.92 Å². The molecule has 0 fully saturated rings. The summed E-state index contributed by atoms with van der Waals surface area (Å²) in [4.78, 5) is 24.3. The van der Waals surface area contributed by atoms with Gasteiger partial charge in [0.05, 0.1) is 15.4 Å². The van der Waals surface area contributed by atoms with Gasteiger partial charge in [0.15, 0.2) is 10.9 Å². The summed E-state index contributed by atoms with van der Waals surface area (Å²) in [6.07, 6.45) is 5.71. The topological polar surface area (TPSA) is 46.1 Å². The van der Waals surface area contributed by atoms with Crippen LogP contribution in [0.1, 0.15) is 22.2 Å². The van der Waals surface area contributed by atoms with Crippen LogP contribution in [0.4, 0.5) is 0 Å². The van der Waals surface area contributed by atoms with Crippen LogP contribution in [0.5, 0.6) is 0 Å². The molecule has 0 unspecified atom stereocenters. The van der Waals surface area contributed by atoms with E-state index in [0.717, 1.165) is 26.9 Å². The first-order chi connectivity index (χ1) is 12.9. The summed E-state index contributed by atoms with van der Waals surface area (Å²) < 4.78 is 0. The smallest absolute Gasteiger partial charge is 0.200 e. The molecular formula is C20H23N3OS3. The van der Waals surface area contributed by atoms with E-state index in [2.05, 4.69) is 21.4 Å². The summed E-state index contributed by atoms with van der Waals surface area (Å²) in [5, 5.41) is 4.81. The van der Waals surface area contributed by atoms with E-state index in [0.29, 0.717) is 0 Å². The van der Waals surface area contributed by atoms with E-state index in [4.69, 9.17) is 0 Å². The molecule has 0 saturated heterocycles. The van der Waals surface area contributed by atoms with Crippen molar-refractivity contribution in [2.24, 2.45) is 0 Å². The molecule has 7 heteroatoms. The standard InChI is InChI=1S/C10H10N2S2.C10H13NOS/c1-7-6-11-10(13-2)12-9(7)8-4-3-5-14-8;1-8(7-11(2)3)10(12)9-5-4-6-13-9/h3-6H,1-2H3;4-7H,1-3H3. The Morgan fingerprint density at radius 1 is 1.19 bits per heavy atom. The quantitative estimate of drug-likeness (QED) is 0.233. The minimum atomic E-state index is 0.115. The number of thioether (sulfide) groups is 1.